The van der Waals surface area contributed by atoms with Crippen molar-refractivity contribution in [3.05, 3.63) is 41.7 Å². The molecule has 0 aromatic heterocycles. The van der Waals surface area contributed by atoms with Gasteiger partial charge in [-0.1, -0.05) is 59.8 Å². The number of allylic oxidation sites excluding steroid dienone is 1. The fourth-order valence-electron chi connectivity index (χ4n) is 3.93. The molecule has 0 amide bonds. The van der Waals surface area contributed by atoms with Crippen LogP contribution in [0.25, 0.3) is 0 Å². The van der Waals surface area contributed by atoms with E-state index in [4.69, 9.17) is 18.3 Å². The van der Waals surface area contributed by atoms with Gasteiger partial charge < -0.3 is 18.3 Å². The minimum atomic E-state index is -1.91. The maximum absolute atomic E-state index is 6.93. The average Bonchev–Trinajstić information content (AvgIpc) is 2.74. The Bertz CT molecular complexity index is 760. The maximum atomic E-state index is 6.93. The lowest BCUT2D eigenvalue weighted by atomic mass is 9.87. The van der Waals surface area contributed by atoms with Crippen LogP contribution in [0.1, 0.15) is 60.5 Å². The molecule has 0 saturated heterocycles. The van der Waals surface area contributed by atoms with Gasteiger partial charge >= 0.3 is 0 Å². The van der Waals surface area contributed by atoms with Crippen LogP contribution < -0.4 is 4.74 Å². The molecule has 0 unspecified atom stereocenters. The van der Waals surface area contributed by atoms with Gasteiger partial charge in [0.2, 0.25) is 8.32 Å². The molecule has 0 radical (unpaired) electrons. The lowest BCUT2D eigenvalue weighted by molar-refractivity contribution is -0.0607. The van der Waals surface area contributed by atoms with Gasteiger partial charge in [0.15, 0.2) is 8.32 Å². The van der Waals surface area contributed by atoms with Gasteiger partial charge in [0.25, 0.3) is 0 Å². The minimum absolute atomic E-state index is 0.0284. The molecule has 0 spiro atoms. The van der Waals surface area contributed by atoms with Crippen LogP contribution in [0.4, 0.5) is 0 Å². The number of rotatable bonds is 13. The van der Waals surface area contributed by atoms with E-state index in [1.54, 1.807) is 7.11 Å². The standard InChI is InChI=1S/C28H52O4Si2/c1-14-25(31-33(9,10)11)21(3)27(30-20-23-16-18-24(29-8)19-17-23)22(4)26(15-2)32-34(12,13)28(5,6)7/h14,16-19,21-22,26-27H,15,20H2,1-13H3/b25-14-/t21-,22-,26+,27+/m0/s1. The predicted octanol–water partition coefficient (Wildman–Crippen LogP) is 8.41. The van der Waals surface area contributed by atoms with Gasteiger partial charge in [0.1, 0.15) is 5.75 Å². The van der Waals surface area contributed by atoms with E-state index in [1.165, 1.54) is 0 Å². The molecule has 1 rings (SSSR count). The number of methoxy groups -OCH3 is 1. The van der Waals surface area contributed by atoms with Gasteiger partial charge in [-0.05, 0) is 68.8 Å². The summed E-state index contributed by atoms with van der Waals surface area (Å²) >= 11 is 0. The van der Waals surface area contributed by atoms with Gasteiger partial charge in [0.05, 0.1) is 25.6 Å². The molecule has 0 N–H and O–H groups in total. The van der Waals surface area contributed by atoms with Crippen LogP contribution in [0.3, 0.4) is 0 Å². The monoisotopic (exact) mass is 508 g/mol. The number of ether oxygens (including phenoxy) is 2. The third kappa shape index (κ3) is 9.17. The lowest BCUT2D eigenvalue weighted by Gasteiger charge is -2.43. The van der Waals surface area contributed by atoms with E-state index in [1.807, 2.05) is 12.1 Å². The molecular formula is C28H52O4Si2. The van der Waals surface area contributed by atoms with Crippen molar-refractivity contribution >= 4 is 16.6 Å². The highest BCUT2D eigenvalue weighted by molar-refractivity contribution is 6.74. The Balaban J connectivity index is 3.23. The highest BCUT2D eigenvalue weighted by Crippen LogP contribution is 2.40. The molecule has 0 saturated carbocycles. The zero-order valence-electron chi connectivity index (χ0n) is 24.2. The fraction of sp³-hybridized carbons (Fsp3) is 0.714. The van der Waals surface area contributed by atoms with Gasteiger partial charge in [-0.2, -0.15) is 0 Å². The van der Waals surface area contributed by atoms with E-state index in [0.29, 0.717) is 6.61 Å². The van der Waals surface area contributed by atoms with Gasteiger partial charge in [-0.15, -0.1) is 0 Å². The van der Waals surface area contributed by atoms with E-state index in [9.17, 15) is 0 Å². The van der Waals surface area contributed by atoms with Crippen LogP contribution in [0.2, 0.25) is 37.8 Å². The van der Waals surface area contributed by atoms with E-state index >= 15 is 0 Å². The topological polar surface area (TPSA) is 36.9 Å². The van der Waals surface area contributed by atoms with Crippen molar-refractivity contribution in [2.45, 2.75) is 111 Å². The van der Waals surface area contributed by atoms with Crippen LogP contribution in [0, 0.1) is 11.8 Å². The van der Waals surface area contributed by atoms with E-state index < -0.39 is 16.6 Å². The van der Waals surface area contributed by atoms with Gasteiger partial charge in [0, 0.05) is 17.9 Å². The Kier molecular flexibility index (Phi) is 11.6. The van der Waals surface area contributed by atoms with Gasteiger partial charge in [-0.3, -0.25) is 0 Å². The molecule has 196 valence electrons. The first kappa shape index (κ1) is 30.9. The van der Waals surface area contributed by atoms with E-state index in [0.717, 1.165) is 23.5 Å². The summed E-state index contributed by atoms with van der Waals surface area (Å²) in [6.45, 7) is 27.7. The molecular weight excluding hydrogens is 456 g/mol. The Labute approximate surface area is 212 Å². The first-order chi connectivity index (χ1) is 15.6. The van der Waals surface area contributed by atoms with Crippen LogP contribution in [-0.4, -0.2) is 36.0 Å². The summed E-state index contributed by atoms with van der Waals surface area (Å²) in [4.78, 5) is 0. The van der Waals surface area contributed by atoms with Crippen LogP contribution in [0.15, 0.2) is 36.1 Å². The van der Waals surface area contributed by atoms with Crippen LogP contribution in [0.5, 0.6) is 5.75 Å². The molecule has 0 bridgehead atoms. The predicted molar refractivity (Wildman–Crippen MR) is 150 cm³/mol. The first-order valence-corrected chi connectivity index (χ1v) is 19.2. The molecule has 0 aliphatic carbocycles. The molecule has 1 aromatic carbocycles. The highest BCUT2D eigenvalue weighted by atomic mass is 28.4. The van der Waals surface area contributed by atoms with Crippen molar-refractivity contribution in [1.29, 1.82) is 0 Å². The molecule has 4 atom stereocenters. The molecule has 34 heavy (non-hydrogen) atoms. The summed E-state index contributed by atoms with van der Waals surface area (Å²) in [6.07, 6.45) is 3.19. The Hall–Kier alpha value is -1.09. The third-order valence-electron chi connectivity index (χ3n) is 7.01. The third-order valence-corrected chi connectivity index (χ3v) is 12.4. The second-order valence-corrected chi connectivity index (χ2v) is 21.2. The van der Waals surface area contributed by atoms with Gasteiger partial charge in [-0.25, -0.2) is 0 Å². The Morgan fingerprint density at radius 1 is 1.00 bits per heavy atom. The summed E-state index contributed by atoms with van der Waals surface area (Å²) in [5, 5.41) is 0.167. The Morgan fingerprint density at radius 3 is 1.97 bits per heavy atom. The van der Waals surface area contributed by atoms with Crippen molar-refractivity contribution in [3.63, 3.8) is 0 Å². The van der Waals surface area contributed by atoms with E-state index in [2.05, 4.69) is 99.4 Å². The molecule has 0 aliphatic rings. The average molecular weight is 509 g/mol. The molecule has 0 fully saturated rings. The summed E-state index contributed by atoms with van der Waals surface area (Å²) in [7, 11) is -1.96. The van der Waals surface area contributed by atoms with Crippen molar-refractivity contribution < 1.29 is 18.3 Å². The SMILES string of the molecule is C/C=C(\O[Si](C)(C)C)[C@H](C)[C@@H](OCc1ccc(OC)cc1)[C@@H](C)[C@@H](CC)O[Si](C)(C)C(C)(C)C. The smallest absolute Gasteiger partial charge is 0.241 e. The Morgan fingerprint density at radius 2 is 1.56 bits per heavy atom. The second kappa shape index (κ2) is 12.7. The first-order valence-electron chi connectivity index (χ1n) is 12.8. The molecule has 1 aromatic rings. The lowest BCUT2D eigenvalue weighted by Crippen LogP contribution is -2.48. The number of hydrogen-bond donors (Lipinski definition) is 0. The molecule has 6 heteroatoms. The molecule has 0 aliphatic heterocycles. The van der Waals surface area contributed by atoms with Crippen LogP contribution >= 0.6 is 0 Å². The number of benzene rings is 1. The zero-order valence-corrected chi connectivity index (χ0v) is 26.2. The van der Waals surface area contributed by atoms with Crippen molar-refractivity contribution in [1.82, 2.24) is 0 Å². The van der Waals surface area contributed by atoms with Crippen molar-refractivity contribution in [2.75, 3.05) is 7.11 Å². The molecule has 0 heterocycles. The quantitative estimate of drug-likeness (QED) is 0.198. The summed E-state index contributed by atoms with van der Waals surface area (Å²) in [6, 6.07) is 8.12. The second-order valence-electron chi connectivity index (χ2n) is 12.0. The van der Waals surface area contributed by atoms with Crippen molar-refractivity contribution in [2.24, 2.45) is 11.8 Å². The fourth-order valence-corrected chi connectivity index (χ4v) is 6.43. The van der Waals surface area contributed by atoms with E-state index in [-0.39, 0.29) is 29.1 Å². The summed E-state index contributed by atoms with van der Waals surface area (Å²) in [5.74, 6) is 2.23. The van der Waals surface area contributed by atoms with Crippen LogP contribution in [-0.2, 0) is 20.2 Å². The minimum Gasteiger partial charge on any atom is -0.547 e. The maximum Gasteiger partial charge on any atom is 0.241 e. The number of hydrogen-bond acceptors (Lipinski definition) is 4. The largest absolute Gasteiger partial charge is 0.547 e. The van der Waals surface area contributed by atoms with Crippen molar-refractivity contribution in [3.8, 4) is 5.75 Å². The normalized spacial score (nSPS) is 17.1. The zero-order chi connectivity index (χ0) is 26.3. The summed E-state index contributed by atoms with van der Waals surface area (Å²) < 4.78 is 25.4. The highest BCUT2D eigenvalue weighted by Gasteiger charge is 2.42. The summed E-state index contributed by atoms with van der Waals surface area (Å²) in [5.41, 5.74) is 1.14. The molecule has 4 nitrogen and oxygen atoms in total.